The van der Waals surface area contributed by atoms with Gasteiger partial charge in [0.2, 0.25) is 11.8 Å². The minimum absolute atomic E-state index is 0.180. The molecule has 2 atom stereocenters. The van der Waals surface area contributed by atoms with Crippen LogP contribution in [0.3, 0.4) is 0 Å². The molecule has 4 rings (SSSR count). The summed E-state index contributed by atoms with van der Waals surface area (Å²) in [6.45, 7) is 3.62. The molecular formula is C19H23N3O2. The highest BCUT2D eigenvalue weighted by molar-refractivity contribution is 5.83. The van der Waals surface area contributed by atoms with Crippen molar-refractivity contribution in [1.29, 1.82) is 0 Å². The van der Waals surface area contributed by atoms with Crippen LogP contribution in [0.5, 0.6) is 0 Å². The van der Waals surface area contributed by atoms with Crippen molar-refractivity contribution in [3.8, 4) is 0 Å². The number of nitrogens with zero attached hydrogens (tertiary/aromatic N) is 3. The van der Waals surface area contributed by atoms with Crippen LogP contribution in [0, 0.1) is 5.92 Å². The van der Waals surface area contributed by atoms with Crippen molar-refractivity contribution in [1.82, 2.24) is 15.0 Å². The van der Waals surface area contributed by atoms with Gasteiger partial charge in [0, 0.05) is 31.3 Å². The van der Waals surface area contributed by atoms with Gasteiger partial charge in [0.05, 0.1) is 0 Å². The Bertz CT molecular complexity index is 704. The van der Waals surface area contributed by atoms with Gasteiger partial charge in [-0.05, 0) is 30.7 Å². The highest BCUT2D eigenvalue weighted by Gasteiger charge is 2.46. The van der Waals surface area contributed by atoms with E-state index in [0.717, 1.165) is 50.5 Å². The number of aryl methyl sites for hydroxylation is 1. The van der Waals surface area contributed by atoms with Crippen LogP contribution in [0.25, 0.3) is 0 Å². The molecule has 126 valence electrons. The van der Waals surface area contributed by atoms with Crippen LogP contribution in [0.2, 0.25) is 0 Å². The molecule has 1 aliphatic heterocycles. The van der Waals surface area contributed by atoms with Gasteiger partial charge in [0.15, 0.2) is 5.82 Å². The Kier molecular flexibility index (Phi) is 4.08. The summed E-state index contributed by atoms with van der Waals surface area (Å²) in [5.41, 5.74) is 1.30. The Morgan fingerprint density at radius 3 is 2.67 bits per heavy atom. The van der Waals surface area contributed by atoms with Crippen molar-refractivity contribution in [2.75, 3.05) is 13.1 Å². The van der Waals surface area contributed by atoms with E-state index in [2.05, 4.69) is 34.4 Å². The van der Waals surface area contributed by atoms with Gasteiger partial charge >= 0.3 is 0 Å². The quantitative estimate of drug-likeness (QED) is 0.866. The molecule has 0 radical (unpaired) electrons. The van der Waals surface area contributed by atoms with Crippen LogP contribution in [0.4, 0.5) is 0 Å². The van der Waals surface area contributed by atoms with Gasteiger partial charge in [-0.2, -0.15) is 4.98 Å². The monoisotopic (exact) mass is 325 g/mol. The molecule has 2 fully saturated rings. The van der Waals surface area contributed by atoms with Crippen molar-refractivity contribution >= 4 is 5.91 Å². The molecule has 2 unspecified atom stereocenters. The van der Waals surface area contributed by atoms with Crippen LogP contribution in [0.15, 0.2) is 34.9 Å². The molecule has 0 N–H and O–H groups in total. The van der Waals surface area contributed by atoms with Gasteiger partial charge < -0.3 is 9.42 Å². The van der Waals surface area contributed by atoms with E-state index < -0.39 is 0 Å². The average molecular weight is 325 g/mol. The van der Waals surface area contributed by atoms with Crippen molar-refractivity contribution in [3.05, 3.63) is 47.6 Å². The van der Waals surface area contributed by atoms with E-state index in [4.69, 9.17) is 4.52 Å². The molecule has 5 heteroatoms. The van der Waals surface area contributed by atoms with Gasteiger partial charge in [0.1, 0.15) is 0 Å². The Morgan fingerprint density at radius 1 is 1.25 bits per heavy atom. The van der Waals surface area contributed by atoms with Gasteiger partial charge in [-0.15, -0.1) is 0 Å². The molecule has 5 nitrogen and oxygen atoms in total. The second kappa shape index (κ2) is 6.38. The number of carbonyl (C=O) groups excluding carboxylic acids is 1. The molecule has 1 amide bonds. The minimum Gasteiger partial charge on any atom is -0.342 e. The van der Waals surface area contributed by atoms with E-state index in [-0.39, 0.29) is 5.92 Å². The van der Waals surface area contributed by atoms with E-state index in [1.165, 1.54) is 5.56 Å². The molecule has 1 aliphatic carbocycles. The molecule has 0 bridgehead atoms. The molecule has 1 aromatic heterocycles. The maximum atomic E-state index is 12.7. The van der Waals surface area contributed by atoms with Crippen LogP contribution in [0.1, 0.15) is 55.3 Å². The van der Waals surface area contributed by atoms with E-state index in [0.29, 0.717) is 17.7 Å². The third kappa shape index (κ3) is 2.95. The summed E-state index contributed by atoms with van der Waals surface area (Å²) in [6, 6.07) is 10.4. The van der Waals surface area contributed by atoms with Gasteiger partial charge in [-0.3, -0.25) is 4.79 Å². The SMILES string of the molecule is CCc1noc(C2CCN(C(=O)C3CC3c3ccccc3)CC2)n1. The van der Waals surface area contributed by atoms with Crippen molar-refractivity contribution in [2.24, 2.45) is 5.92 Å². The fourth-order valence-electron chi connectivity index (χ4n) is 3.69. The number of hydrogen-bond acceptors (Lipinski definition) is 4. The second-order valence-electron chi connectivity index (χ2n) is 6.86. The summed E-state index contributed by atoms with van der Waals surface area (Å²) >= 11 is 0. The Hall–Kier alpha value is -2.17. The molecule has 1 saturated carbocycles. The van der Waals surface area contributed by atoms with Crippen LogP contribution in [-0.2, 0) is 11.2 Å². The number of aromatic nitrogens is 2. The number of piperidine rings is 1. The van der Waals surface area contributed by atoms with E-state index >= 15 is 0 Å². The number of benzene rings is 1. The molecule has 2 aromatic rings. The molecule has 24 heavy (non-hydrogen) atoms. The Balaban J connectivity index is 1.32. The van der Waals surface area contributed by atoms with Gasteiger partial charge in [-0.1, -0.05) is 42.4 Å². The number of carbonyl (C=O) groups is 1. The molecule has 1 aromatic carbocycles. The topological polar surface area (TPSA) is 59.2 Å². The Morgan fingerprint density at radius 2 is 2.00 bits per heavy atom. The summed E-state index contributed by atoms with van der Waals surface area (Å²) in [7, 11) is 0. The third-order valence-electron chi connectivity index (χ3n) is 5.29. The number of rotatable bonds is 4. The van der Waals surface area contributed by atoms with E-state index in [9.17, 15) is 4.79 Å². The highest BCUT2D eigenvalue weighted by Crippen LogP contribution is 2.48. The zero-order valence-electron chi connectivity index (χ0n) is 14.0. The first-order chi connectivity index (χ1) is 11.8. The normalized spacial score (nSPS) is 24.1. The van der Waals surface area contributed by atoms with Crippen molar-refractivity contribution in [2.45, 2.75) is 44.4 Å². The maximum Gasteiger partial charge on any atom is 0.229 e. The van der Waals surface area contributed by atoms with Crippen LogP contribution in [-0.4, -0.2) is 34.0 Å². The summed E-state index contributed by atoms with van der Waals surface area (Å²) in [6.07, 6.45) is 3.62. The molecule has 2 aliphatic rings. The lowest BCUT2D eigenvalue weighted by molar-refractivity contribution is -0.133. The second-order valence-corrected chi connectivity index (χ2v) is 6.86. The predicted molar refractivity (Wildman–Crippen MR) is 89.5 cm³/mol. The van der Waals surface area contributed by atoms with E-state index in [1.54, 1.807) is 0 Å². The zero-order valence-corrected chi connectivity index (χ0v) is 14.0. The fourth-order valence-corrected chi connectivity index (χ4v) is 3.69. The fraction of sp³-hybridized carbons (Fsp3) is 0.526. The minimum atomic E-state index is 0.180. The first-order valence-electron chi connectivity index (χ1n) is 8.92. The standard InChI is InChI=1S/C19H23N3O2/c1-2-17-20-18(24-21-17)14-8-10-22(11-9-14)19(23)16-12-15(16)13-6-4-3-5-7-13/h3-7,14-16H,2,8-12H2,1H3. The summed E-state index contributed by atoms with van der Waals surface area (Å²) < 4.78 is 5.36. The lowest BCUT2D eigenvalue weighted by Gasteiger charge is -2.30. The zero-order chi connectivity index (χ0) is 16.5. The van der Waals surface area contributed by atoms with Gasteiger partial charge in [-0.25, -0.2) is 0 Å². The van der Waals surface area contributed by atoms with Gasteiger partial charge in [0.25, 0.3) is 0 Å². The lowest BCUT2D eigenvalue weighted by atomic mass is 9.96. The smallest absolute Gasteiger partial charge is 0.229 e. The third-order valence-corrected chi connectivity index (χ3v) is 5.29. The number of amides is 1. The molecular weight excluding hydrogens is 302 g/mol. The largest absolute Gasteiger partial charge is 0.342 e. The number of likely N-dealkylation sites (tertiary alicyclic amines) is 1. The van der Waals surface area contributed by atoms with Crippen LogP contribution >= 0.6 is 0 Å². The summed E-state index contributed by atoms with van der Waals surface area (Å²) in [5, 5.41) is 3.98. The maximum absolute atomic E-state index is 12.7. The molecule has 0 spiro atoms. The summed E-state index contributed by atoms with van der Waals surface area (Å²) in [4.78, 5) is 19.2. The first-order valence-corrected chi connectivity index (χ1v) is 8.92. The van der Waals surface area contributed by atoms with Crippen molar-refractivity contribution < 1.29 is 9.32 Å². The predicted octanol–water partition coefficient (Wildman–Crippen LogP) is 3.14. The summed E-state index contributed by atoms with van der Waals surface area (Å²) in [5.74, 6) is 2.73. The highest BCUT2D eigenvalue weighted by atomic mass is 16.5. The lowest BCUT2D eigenvalue weighted by Crippen LogP contribution is -2.39. The number of hydrogen-bond donors (Lipinski definition) is 0. The van der Waals surface area contributed by atoms with Crippen LogP contribution < -0.4 is 0 Å². The van der Waals surface area contributed by atoms with E-state index in [1.807, 2.05) is 17.9 Å². The molecule has 2 heterocycles. The molecule has 1 saturated heterocycles. The Labute approximate surface area is 142 Å². The first kappa shape index (κ1) is 15.4. The van der Waals surface area contributed by atoms with Crippen molar-refractivity contribution in [3.63, 3.8) is 0 Å². The average Bonchev–Trinajstić information content (AvgIpc) is 3.31.